The van der Waals surface area contributed by atoms with Crippen LogP contribution in [0.2, 0.25) is 0 Å². The van der Waals surface area contributed by atoms with Crippen LogP contribution in [-0.2, 0) is 19.1 Å². The van der Waals surface area contributed by atoms with Gasteiger partial charge in [-0.25, -0.2) is 0 Å². The molecule has 1 saturated carbocycles. The van der Waals surface area contributed by atoms with Crippen molar-refractivity contribution in [3.05, 3.63) is 12.2 Å². The Labute approximate surface area is 111 Å². The summed E-state index contributed by atoms with van der Waals surface area (Å²) in [6.45, 7) is 0. The van der Waals surface area contributed by atoms with E-state index in [1.165, 1.54) is 12.5 Å². The summed E-state index contributed by atoms with van der Waals surface area (Å²) in [6, 6.07) is 0. The van der Waals surface area contributed by atoms with Gasteiger partial charge in [-0.3, -0.25) is 9.59 Å². The van der Waals surface area contributed by atoms with E-state index in [0.717, 1.165) is 25.7 Å². The predicted octanol–water partition coefficient (Wildman–Crippen LogP) is 1.66. The number of carboxylic acids is 1. The first-order chi connectivity index (χ1) is 9.13. The number of esters is 1. The van der Waals surface area contributed by atoms with Gasteiger partial charge in [0.15, 0.2) is 0 Å². The lowest BCUT2D eigenvalue weighted by molar-refractivity contribution is -0.199. The Kier molecular flexibility index (Phi) is 3.09. The summed E-state index contributed by atoms with van der Waals surface area (Å²) in [5.41, 5.74) is -1.63. The number of fused-ring (bicyclic) bond motifs is 2. The molecule has 2 bridgehead atoms. The van der Waals surface area contributed by atoms with Crippen LogP contribution in [0.25, 0.3) is 0 Å². The number of hydrogen-bond acceptors (Lipinski definition) is 4. The van der Waals surface area contributed by atoms with Crippen molar-refractivity contribution in [1.82, 2.24) is 0 Å². The molecule has 2 fully saturated rings. The monoisotopic (exact) mass is 266 g/mol. The second-order valence-electron chi connectivity index (χ2n) is 5.60. The molecule has 0 unspecified atom stereocenters. The maximum atomic E-state index is 11.9. The van der Waals surface area contributed by atoms with Crippen molar-refractivity contribution < 1.29 is 24.2 Å². The van der Waals surface area contributed by atoms with Gasteiger partial charge in [0.2, 0.25) is 5.41 Å². The zero-order valence-electron chi connectivity index (χ0n) is 10.7. The summed E-state index contributed by atoms with van der Waals surface area (Å²) in [6.07, 6.45) is 8.07. The molecule has 0 aromatic carbocycles. The second-order valence-corrected chi connectivity index (χ2v) is 5.60. The molecule has 0 aromatic heterocycles. The number of hydrogen-bond donors (Lipinski definition) is 1. The SMILES string of the molecule is O=C(O)[C@@]12C=C[C@@H](C[C@H]1OC1CCCCC1)OC2=O. The number of carbonyl (C=O) groups is 2. The van der Waals surface area contributed by atoms with E-state index >= 15 is 0 Å². The predicted molar refractivity (Wildman–Crippen MR) is 65.5 cm³/mol. The van der Waals surface area contributed by atoms with Crippen LogP contribution in [0.3, 0.4) is 0 Å². The average Bonchev–Trinajstić information content (AvgIpc) is 2.40. The van der Waals surface area contributed by atoms with Crippen LogP contribution in [0.4, 0.5) is 0 Å². The minimum Gasteiger partial charge on any atom is -0.480 e. The van der Waals surface area contributed by atoms with Gasteiger partial charge in [-0.2, -0.15) is 0 Å². The Hall–Kier alpha value is -1.36. The molecule has 0 aromatic rings. The molecule has 0 spiro atoms. The average molecular weight is 266 g/mol. The van der Waals surface area contributed by atoms with Crippen molar-refractivity contribution in [2.75, 3.05) is 0 Å². The van der Waals surface area contributed by atoms with Gasteiger partial charge in [0.25, 0.3) is 0 Å². The summed E-state index contributed by atoms with van der Waals surface area (Å²) in [4.78, 5) is 23.5. The molecule has 4 rings (SSSR count). The Bertz CT molecular complexity index is 424. The van der Waals surface area contributed by atoms with Crippen LogP contribution in [-0.4, -0.2) is 35.4 Å². The first kappa shape index (κ1) is 12.7. The van der Waals surface area contributed by atoms with Crippen LogP contribution in [0.5, 0.6) is 0 Å². The summed E-state index contributed by atoms with van der Waals surface area (Å²) in [7, 11) is 0. The van der Waals surface area contributed by atoms with E-state index in [-0.39, 0.29) is 12.2 Å². The standard InChI is InChI=1S/C14H18O5/c15-12(16)14-7-6-10(19-13(14)17)8-11(14)18-9-4-2-1-3-5-9/h6-7,9-11H,1-5,8H2,(H,15,16)/t10-,11+,14+/m0/s1. The van der Waals surface area contributed by atoms with E-state index in [1.807, 2.05) is 0 Å². The quantitative estimate of drug-likeness (QED) is 0.478. The Morgan fingerprint density at radius 3 is 2.74 bits per heavy atom. The molecule has 0 radical (unpaired) electrons. The van der Waals surface area contributed by atoms with Crippen molar-refractivity contribution >= 4 is 11.9 Å². The van der Waals surface area contributed by atoms with Crippen LogP contribution in [0.1, 0.15) is 38.5 Å². The zero-order valence-corrected chi connectivity index (χ0v) is 10.7. The Morgan fingerprint density at radius 1 is 1.37 bits per heavy atom. The number of carboxylic acid groups (broad SMARTS) is 1. The normalized spacial score (nSPS) is 38.2. The van der Waals surface area contributed by atoms with Gasteiger partial charge in [-0.1, -0.05) is 25.3 Å². The summed E-state index contributed by atoms with van der Waals surface area (Å²) < 4.78 is 11.1. The van der Waals surface area contributed by atoms with E-state index in [0.29, 0.717) is 6.42 Å². The van der Waals surface area contributed by atoms with E-state index in [9.17, 15) is 14.7 Å². The minimum absolute atomic E-state index is 0.0792. The molecule has 0 amide bonds. The fourth-order valence-corrected chi connectivity index (χ4v) is 3.26. The zero-order chi connectivity index (χ0) is 13.5. The number of carbonyl (C=O) groups excluding carboxylic acids is 1. The molecule has 1 saturated heterocycles. The third-order valence-corrected chi connectivity index (χ3v) is 4.39. The van der Waals surface area contributed by atoms with E-state index in [1.54, 1.807) is 6.08 Å². The smallest absolute Gasteiger partial charge is 0.330 e. The molecule has 19 heavy (non-hydrogen) atoms. The fraction of sp³-hybridized carbons (Fsp3) is 0.714. The highest BCUT2D eigenvalue weighted by atomic mass is 16.6. The number of rotatable bonds is 3. The third kappa shape index (κ3) is 1.96. The molecule has 2 heterocycles. The lowest BCUT2D eigenvalue weighted by Gasteiger charge is -2.44. The van der Waals surface area contributed by atoms with Gasteiger partial charge in [0.1, 0.15) is 6.10 Å². The number of aliphatic carboxylic acids is 1. The molecule has 5 nitrogen and oxygen atoms in total. The molecule has 2 aliphatic carbocycles. The topological polar surface area (TPSA) is 72.8 Å². The van der Waals surface area contributed by atoms with Crippen molar-refractivity contribution in [2.24, 2.45) is 5.41 Å². The molecular formula is C14H18O5. The van der Waals surface area contributed by atoms with Crippen LogP contribution >= 0.6 is 0 Å². The van der Waals surface area contributed by atoms with Gasteiger partial charge in [0, 0.05) is 6.42 Å². The Morgan fingerprint density at radius 2 is 2.11 bits per heavy atom. The lowest BCUT2D eigenvalue weighted by Crippen LogP contribution is -2.58. The van der Waals surface area contributed by atoms with E-state index in [2.05, 4.69) is 0 Å². The van der Waals surface area contributed by atoms with Gasteiger partial charge in [-0.05, 0) is 18.9 Å². The van der Waals surface area contributed by atoms with Crippen molar-refractivity contribution in [2.45, 2.75) is 56.8 Å². The summed E-state index contributed by atoms with van der Waals surface area (Å²) >= 11 is 0. The first-order valence-corrected chi connectivity index (χ1v) is 6.92. The molecular weight excluding hydrogens is 248 g/mol. The fourth-order valence-electron chi connectivity index (χ4n) is 3.26. The van der Waals surface area contributed by atoms with Crippen LogP contribution in [0, 0.1) is 5.41 Å². The minimum atomic E-state index is -1.63. The van der Waals surface area contributed by atoms with Crippen molar-refractivity contribution in [1.29, 1.82) is 0 Å². The maximum Gasteiger partial charge on any atom is 0.330 e. The van der Waals surface area contributed by atoms with Crippen LogP contribution < -0.4 is 0 Å². The molecule has 1 N–H and O–H groups in total. The molecule has 3 atom stereocenters. The van der Waals surface area contributed by atoms with Crippen LogP contribution in [0.15, 0.2) is 12.2 Å². The molecule has 104 valence electrons. The molecule has 5 heteroatoms. The van der Waals surface area contributed by atoms with Gasteiger partial charge >= 0.3 is 11.9 Å². The van der Waals surface area contributed by atoms with Crippen molar-refractivity contribution in [3.63, 3.8) is 0 Å². The Balaban J connectivity index is 1.82. The van der Waals surface area contributed by atoms with Gasteiger partial charge in [-0.15, -0.1) is 0 Å². The summed E-state index contributed by atoms with van der Waals surface area (Å²) in [5, 5.41) is 9.45. The van der Waals surface area contributed by atoms with Crippen molar-refractivity contribution in [3.8, 4) is 0 Å². The second kappa shape index (κ2) is 4.63. The first-order valence-electron chi connectivity index (χ1n) is 6.92. The molecule has 2 aliphatic heterocycles. The molecule has 4 aliphatic rings. The van der Waals surface area contributed by atoms with E-state index < -0.39 is 23.5 Å². The summed E-state index contributed by atoms with van der Waals surface area (Å²) in [5.74, 6) is -1.85. The highest BCUT2D eigenvalue weighted by molar-refractivity contribution is 6.03. The maximum absolute atomic E-state index is 11.9. The number of ether oxygens (including phenoxy) is 2. The lowest BCUT2D eigenvalue weighted by atomic mass is 9.73. The van der Waals surface area contributed by atoms with E-state index in [4.69, 9.17) is 9.47 Å². The van der Waals surface area contributed by atoms with Gasteiger partial charge in [0.05, 0.1) is 12.2 Å². The highest BCUT2D eigenvalue weighted by Crippen LogP contribution is 2.43. The highest BCUT2D eigenvalue weighted by Gasteiger charge is 2.60. The largest absolute Gasteiger partial charge is 0.480 e. The van der Waals surface area contributed by atoms with Gasteiger partial charge < -0.3 is 14.6 Å². The third-order valence-electron chi connectivity index (χ3n) is 4.39.